The van der Waals surface area contributed by atoms with E-state index in [1.807, 2.05) is 25.1 Å². The smallest absolute Gasteiger partial charge is 0.383 e. The second-order valence-electron chi connectivity index (χ2n) is 5.81. The number of alkyl halides is 3. The number of benzene rings is 2. The highest BCUT2D eigenvalue weighted by molar-refractivity contribution is 5.87. The van der Waals surface area contributed by atoms with E-state index in [0.717, 1.165) is 39.9 Å². The predicted molar refractivity (Wildman–Crippen MR) is 89.0 cm³/mol. The fraction of sp³-hybridized carbons (Fsp3) is 0.263. The van der Waals surface area contributed by atoms with E-state index in [-0.39, 0.29) is 0 Å². The summed E-state index contributed by atoms with van der Waals surface area (Å²) in [4.78, 5) is 0. The topological polar surface area (TPSA) is 14.2 Å². The van der Waals surface area contributed by atoms with Crippen LogP contribution in [0.25, 0.3) is 22.2 Å². The summed E-state index contributed by atoms with van der Waals surface area (Å²) in [5.41, 5.74) is 3.20. The number of aryl methyl sites for hydroxylation is 1. The second-order valence-corrected chi connectivity index (χ2v) is 5.81. The largest absolute Gasteiger partial charge is 0.416 e. The van der Waals surface area contributed by atoms with Crippen LogP contribution in [0, 0.1) is 6.92 Å². The summed E-state index contributed by atoms with van der Waals surface area (Å²) in [5.74, 6) is 0. The number of nitrogens with zero attached hydrogens (tertiary/aromatic N) is 1. The van der Waals surface area contributed by atoms with Crippen LogP contribution in [0.2, 0.25) is 0 Å². The molecular formula is C19H18F3NO. The maximum Gasteiger partial charge on any atom is 0.416 e. The van der Waals surface area contributed by atoms with Crippen molar-refractivity contribution in [3.8, 4) is 11.3 Å². The number of halogens is 3. The minimum absolute atomic E-state index is 0.533. The van der Waals surface area contributed by atoms with E-state index in [4.69, 9.17) is 4.74 Å². The van der Waals surface area contributed by atoms with Gasteiger partial charge in [0.05, 0.1) is 12.2 Å². The molecule has 3 rings (SSSR count). The molecule has 24 heavy (non-hydrogen) atoms. The first-order chi connectivity index (χ1) is 11.4. The second kappa shape index (κ2) is 6.32. The van der Waals surface area contributed by atoms with Crippen LogP contribution in [0.5, 0.6) is 0 Å². The zero-order valence-corrected chi connectivity index (χ0v) is 13.5. The molecule has 2 nitrogen and oxygen atoms in total. The molecule has 0 unspecified atom stereocenters. The van der Waals surface area contributed by atoms with Gasteiger partial charge >= 0.3 is 6.18 Å². The van der Waals surface area contributed by atoms with E-state index >= 15 is 0 Å². The molecule has 0 saturated carbocycles. The van der Waals surface area contributed by atoms with Crippen molar-refractivity contribution in [3.63, 3.8) is 0 Å². The van der Waals surface area contributed by atoms with Gasteiger partial charge < -0.3 is 9.30 Å². The average Bonchev–Trinajstić information content (AvgIpc) is 2.89. The number of rotatable bonds is 4. The minimum atomic E-state index is -4.32. The zero-order chi connectivity index (χ0) is 17.3. The van der Waals surface area contributed by atoms with Crippen molar-refractivity contribution in [2.45, 2.75) is 19.6 Å². The standard InChI is InChI=1S/C19H18F3NO/c1-13-3-8-17-15(11-13)12-18(23(17)9-10-24-2)14-4-6-16(7-5-14)19(20,21)22/h3-8,11-12H,9-10H2,1-2H3. The maximum atomic E-state index is 12.8. The molecule has 0 spiro atoms. The van der Waals surface area contributed by atoms with Crippen LogP contribution >= 0.6 is 0 Å². The lowest BCUT2D eigenvalue weighted by atomic mass is 10.1. The quantitative estimate of drug-likeness (QED) is 0.633. The van der Waals surface area contributed by atoms with Gasteiger partial charge in [0, 0.05) is 30.3 Å². The average molecular weight is 333 g/mol. The van der Waals surface area contributed by atoms with Crippen LogP contribution in [0.4, 0.5) is 13.2 Å². The van der Waals surface area contributed by atoms with Gasteiger partial charge in [-0.2, -0.15) is 13.2 Å². The number of methoxy groups -OCH3 is 1. The molecule has 0 saturated heterocycles. The highest BCUT2D eigenvalue weighted by atomic mass is 19.4. The van der Waals surface area contributed by atoms with Gasteiger partial charge in [0.25, 0.3) is 0 Å². The Morgan fingerprint density at radius 3 is 2.33 bits per heavy atom. The Kier molecular flexibility index (Phi) is 4.37. The summed E-state index contributed by atoms with van der Waals surface area (Å²) >= 11 is 0. The summed E-state index contributed by atoms with van der Waals surface area (Å²) in [7, 11) is 1.63. The normalized spacial score (nSPS) is 12.0. The van der Waals surface area contributed by atoms with Crippen LogP contribution in [-0.4, -0.2) is 18.3 Å². The lowest BCUT2D eigenvalue weighted by Gasteiger charge is -2.12. The first kappa shape index (κ1) is 16.6. The SMILES string of the molecule is COCCn1c(-c2ccc(C(F)(F)F)cc2)cc2cc(C)ccc21. The molecule has 0 atom stereocenters. The molecule has 1 heterocycles. The van der Waals surface area contributed by atoms with Gasteiger partial charge in [0.15, 0.2) is 0 Å². The molecule has 0 radical (unpaired) electrons. The van der Waals surface area contributed by atoms with Crippen molar-refractivity contribution in [2.75, 3.05) is 13.7 Å². The summed E-state index contributed by atoms with van der Waals surface area (Å²) < 4.78 is 45.5. The monoisotopic (exact) mass is 333 g/mol. The fourth-order valence-corrected chi connectivity index (χ4v) is 2.88. The van der Waals surface area contributed by atoms with E-state index < -0.39 is 11.7 Å². The molecule has 2 aromatic carbocycles. The molecule has 126 valence electrons. The van der Waals surface area contributed by atoms with Gasteiger partial charge in [0.2, 0.25) is 0 Å². The van der Waals surface area contributed by atoms with Crippen molar-refractivity contribution in [3.05, 3.63) is 59.7 Å². The van der Waals surface area contributed by atoms with Gasteiger partial charge in [-0.15, -0.1) is 0 Å². The highest BCUT2D eigenvalue weighted by Crippen LogP contribution is 2.33. The third-order valence-corrected chi connectivity index (χ3v) is 4.08. The van der Waals surface area contributed by atoms with Gasteiger partial charge in [-0.1, -0.05) is 23.8 Å². The Balaban J connectivity index is 2.10. The summed E-state index contributed by atoms with van der Waals surface area (Å²) in [6, 6.07) is 13.4. The molecule has 0 N–H and O–H groups in total. The van der Waals surface area contributed by atoms with Crippen molar-refractivity contribution in [2.24, 2.45) is 0 Å². The summed E-state index contributed by atoms with van der Waals surface area (Å²) in [5, 5.41) is 1.07. The van der Waals surface area contributed by atoms with Crippen molar-refractivity contribution in [1.82, 2.24) is 4.57 Å². The number of ether oxygens (including phenoxy) is 1. The Hall–Kier alpha value is -2.27. The highest BCUT2D eigenvalue weighted by Gasteiger charge is 2.30. The lowest BCUT2D eigenvalue weighted by Crippen LogP contribution is -2.06. The Morgan fingerprint density at radius 1 is 1.00 bits per heavy atom. The van der Waals surface area contributed by atoms with Crippen molar-refractivity contribution >= 4 is 10.9 Å². The number of hydrogen-bond donors (Lipinski definition) is 0. The third kappa shape index (κ3) is 3.17. The predicted octanol–water partition coefficient (Wildman–Crippen LogP) is 5.28. The number of hydrogen-bond acceptors (Lipinski definition) is 1. The molecule has 0 amide bonds. The molecule has 0 fully saturated rings. The van der Waals surface area contributed by atoms with Gasteiger partial charge in [-0.25, -0.2) is 0 Å². The van der Waals surface area contributed by atoms with Crippen LogP contribution in [0.15, 0.2) is 48.5 Å². The van der Waals surface area contributed by atoms with Gasteiger partial charge in [-0.3, -0.25) is 0 Å². The molecule has 0 aliphatic carbocycles. The van der Waals surface area contributed by atoms with Crippen LogP contribution in [0.1, 0.15) is 11.1 Å². The van der Waals surface area contributed by atoms with E-state index in [1.54, 1.807) is 7.11 Å². The molecule has 3 aromatic rings. The Morgan fingerprint density at radius 2 is 1.71 bits per heavy atom. The van der Waals surface area contributed by atoms with Crippen LogP contribution < -0.4 is 0 Å². The van der Waals surface area contributed by atoms with E-state index in [1.165, 1.54) is 12.1 Å². The first-order valence-electron chi connectivity index (χ1n) is 7.66. The van der Waals surface area contributed by atoms with E-state index in [0.29, 0.717) is 13.2 Å². The summed E-state index contributed by atoms with van der Waals surface area (Å²) in [6.45, 7) is 3.19. The van der Waals surface area contributed by atoms with Crippen LogP contribution in [-0.2, 0) is 17.5 Å². The number of fused-ring (bicyclic) bond motifs is 1. The van der Waals surface area contributed by atoms with Gasteiger partial charge in [0.1, 0.15) is 0 Å². The van der Waals surface area contributed by atoms with E-state index in [9.17, 15) is 13.2 Å². The zero-order valence-electron chi connectivity index (χ0n) is 13.5. The van der Waals surface area contributed by atoms with Gasteiger partial charge in [-0.05, 0) is 42.8 Å². The Bertz CT molecular complexity index is 847. The Labute approximate surface area is 138 Å². The lowest BCUT2D eigenvalue weighted by molar-refractivity contribution is -0.137. The molecule has 1 aromatic heterocycles. The molecule has 0 aliphatic rings. The maximum absolute atomic E-state index is 12.8. The third-order valence-electron chi connectivity index (χ3n) is 4.08. The molecular weight excluding hydrogens is 315 g/mol. The van der Waals surface area contributed by atoms with Crippen molar-refractivity contribution in [1.29, 1.82) is 0 Å². The van der Waals surface area contributed by atoms with Crippen LogP contribution in [0.3, 0.4) is 0 Å². The molecule has 0 aliphatic heterocycles. The summed E-state index contributed by atoms with van der Waals surface area (Å²) in [6.07, 6.45) is -4.32. The first-order valence-corrected chi connectivity index (χ1v) is 7.66. The van der Waals surface area contributed by atoms with E-state index in [2.05, 4.69) is 10.6 Å². The molecule has 0 bridgehead atoms. The fourth-order valence-electron chi connectivity index (χ4n) is 2.88. The minimum Gasteiger partial charge on any atom is -0.383 e. The van der Waals surface area contributed by atoms with Crippen molar-refractivity contribution < 1.29 is 17.9 Å². The molecule has 5 heteroatoms. The number of aromatic nitrogens is 1.